The van der Waals surface area contributed by atoms with Crippen LogP contribution >= 0.6 is 0 Å². The summed E-state index contributed by atoms with van der Waals surface area (Å²) >= 11 is 0. The van der Waals surface area contributed by atoms with Crippen molar-refractivity contribution in [2.45, 2.75) is 19.0 Å². The van der Waals surface area contributed by atoms with E-state index in [1.54, 1.807) is 25.2 Å². The first-order valence-electron chi connectivity index (χ1n) is 2.64. The Balaban J connectivity index is 2.65. The Morgan fingerprint density at radius 2 is 2.50 bits per heavy atom. The Morgan fingerprint density at radius 3 is 2.75 bits per heavy atom. The number of rotatable bonds is 0. The standard InChI is InChI=1S/C7H8F/c1-7(8)5-3-2-4-6-7/h2-3,5H,6H2,1H3. The van der Waals surface area contributed by atoms with Crippen molar-refractivity contribution in [3.8, 4) is 0 Å². The average Bonchev–Trinajstić information content (AvgIpc) is 1.65. The van der Waals surface area contributed by atoms with Gasteiger partial charge in [0.15, 0.2) is 0 Å². The third-order valence-corrected chi connectivity index (χ3v) is 1.11. The average molecular weight is 111 g/mol. The molecular weight excluding hydrogens is 103 g/mol. The molecule has 1 heteroatoms. The molecule has 0 aromatic rings. The zero-order valence-corrected chi connectivity index (χ0v) is 4.82. The molecule has 0 aromatic heterocycles. The molecule has 0 saturated heterocycles. The van der Waals surface area contributed by atoms with Gasteiger partial charge in [0.2, 0.25) is 0 Å². The van der Waals surface area contributed by atoms with Gasteiger partial charge in [-0.25, -0.2) is 4.39 Å². The molecule has 0 saturated carbocycles. The fraction of sp³-hybridized carbons (Fsp3) is 0.429. The molecule has 1 atom stereocenters. The van der Waals surface area contributed by atoms with Crippen LogP contribution in [0.4, 0.5) is 4.39 Å². The first-order valence-corrected chi connectivity index (χ1v) is 2.64. The molecule has 1 aliphatic carbocycles. The van der Waals surface area contributed by atoms with Crippen LogP contribution in [0.15, 0.2) is 18.2 Å². The molecule has 0 N–H and O–H groups in total. The highest BCUT2D eigenvalue weighted by Gasteiger charge is 2.17. The van der Waals surface area contributed by atoms with Crippen LogP contribution in [0.25, 0.3) is 0 Å². The lowest BCUT2D eigenvalue weighted by Crippen LogP contribution is -2.13. The Labute approximate surface area is 48.7 Å². The van der Waals surface area contributed by atoms with Crippen LogP contribution < -0.4 is 0 Å². The number of allylic oxidation sites excluding steroid dienone is 4. The van der Waals surface area contributed by atoms with Crippen molar-refractivity contribution in [1.29, 1.82) is 0 Å². The summed E-state index contributed by atoms with van der Waals surface area (Å²) in [4.78, 5) is 0. The van der Waals surface area contributed by atoms with Crippen LogP contribution in [0.1, 0.15) is 13.3 Å². The SMILES string of the molecule is CC1(F)C=CC=[C]C1. The van der Waals surface area contributed by atoms with E-state index < -0.39 is 5.67 Å². The molecule has 0 spiro atoms. The zero-order chi connectivity index (χ0) is 6.04. The third-order valence-electron chi connectivity index (χ3n) is 1.11. The van der Waals surface area contributed by atoms with Crippen LogP contribution in [0.5, 0.6) is 0 Å². The fourth-order valence-electron chi connectivity index (χ4n) is 0.634. The van der Waals surface area contributed by atoms with Gasteiger partial charge >= 0.3 is 0 Å². The maximum atomic E-state index is 12.7. The van der Waals surface area contributed by atoms with E-state index in [2.05, 4.69) is 6.08 Å². The van der Waals surface area contributed by atoms with E-state index in [9.17, 15) is 4.39 Å². The number of hydrogen-bond acceptors (Lipinski definition) is 0. The smallest absolute Gasteiger partial charge is 0.130 e. The highest BCUT2D eigenvalue weighted by Crippen LogP contribution is 2.19. The van der Waals surface area contributed by atoms with E-state index in [-0.39, 0.29) is 0 Å². The van der Waals surface area contributed by atoms with Gasteiger partial charge in [0.25, 0.3) is 0 Å². The predicted molar refractivity (Wildman–Crippen MR) is 31.1 cm³/mol. The first-order chi connectivity index (χ1) is 3.71. The van der Waals surface area contributed by atoms with Gasteiger partial charge in [0, 0.05) is 6.42 Å². The largest absolute Gasteiger partial charge is 0.239 e. The summed E-state index contributed by atoms with van der Waals surface area (Å²) in [7, 11) is 0. The Bertz CT molecular complexity index is 131. The summed E-state index contributed by atoms with van der Waals surface area (Å²) in [5, 5.41) is 0. The molecule has 1 aliphatic rings. The molecule has 1 unspecified atom stereocenters. The lowest BCUT2D eigenvalue weighted by molar-refractivity contribution is 0.256. The zero-order valence-electron chi connectivity index (χ0n) is 4.82. The monoisotopic (exact) mass is 111 g/mol. The van der Waals surface area contributed by atoms with E-state index >= 15 is 0 Å². The van der Waals surface area contributed by atoms with Crippen LogP contribution in [0.3, 0.4) is 0 Å². The van der Waals surface area contributed by atoms with Crippen LogP contribution in [0, 0.1) is 6.08 Å². The summed E-state index contributed by atoms with van der Waals surface area (Å²) in [6, 6.07) is 0. The highest BCUT2D eigenvalue weighted by atomic mass is 19.1. The molecule has 0 aliphatic heterocycles. The molecule has 0 nitrogen and oxygen atoms in total. The number of halogens is 1. The topological polar surface area (TPSA) is 0 Å². The van der Waals surface area contributed by atoms with E-state index in [0.717, 1.165) is 0 Å². The van der Waals surface area contributed by atoms with Gasteiger partial charge in [-0.3, -0.25) is 0 Å². The van der Waals surface area contributed by atoms with Gasteiger partial charge in [-0.1, -0.05) is 12.2 Å². The Hall–Kier alpha value is -0.590. The number of alkyl halides is 1. The van der Waals surface area contributed by atoms with Crippen LogP contribution in [-0.4, -0.2) is 5.67 Å². The normalized spacial score (nSPS) is 35.8. The van der Waals surface area contributed by atoms with E-state index in [1.807, 2.05) is 0 Å². The second kappa shape index (κ2) is 1.73. The lowest BCUT2D eigenvalue weighted by atomic mass is 10.0. The van der Waals surface area contributed by atoms with Gasteiger partial charge < -0.3 is 0 Å². The molecule has 0 heterocycles. The summed E-state index contributed by atoms with van der Waals surface area (Å²) in [5.74, 6) is 0. The van der Waals surface area contributed by atoms with Gasteiger partial charge in [0.1, 0.15) is 5.67 Å². The Morgan fingerprint density at radius 1 is 1.75 bits per heavy atom. The quantitative estimate of drug-likeness (QED) is 0.448. The van der Waals surface area contributed by atoms with Crippen molar-refractivity contribution in [2.24, 2.45) is 0 Å². The molecule has 0 amide bonds. The second-order valence-corrected chi connectivity index (χ2v) is 2.18. The summed E-state index contributed by atoms with van der Waals surface area (Å²) in [5.41, 5.74) is -1.14. The first kappa shape index (κ1) is 5.54. The summed E-state index contributed by atoms with van der Waals surface area (Å²) in [6.45, 7) is 1.55. The van der Waals surface area contributed by atoms with Crippen molar-refractivity contribution in [3.05, 3.63) is 24.3 Å². The maximum Gasteiger partial charge on any atom is 0.130 e. The minimum absolute atomic E-state index is 0.392. The highest BCUT2D eigenvalue weighted by molar-refractivity contribution is 5.13. The molecule has 0 aromatic carbocycles. The molecule has 43 valence electrons. The van der Waals surface area contributed by atoms with Gasteiger partial charge in [0.05, 0.1) is 0 Å². The van der Waals surface area contributed by atoms with Crippen molar-refractivity contribution in [3.63, 3.8) is 0 Å². The lowest BCUT2D eigenvalue weighted by Gasteiger charge is -2.13. The maximum absolute atomic E-state index is 12.7. The predicted octanol–water partition coefficient (Wildman–Crippen LogP) is 2.03. The van der Waals surface area contributed by atoms with Crippen molar-refractivity contribution in [2.75, 3.05) is 0 Å². The minimum Gasteiger partial charge on any atom is -0.239 e. The molecule has 0 bridgehead atoms. The van der Waals surface area contributed by atoms with Gasteiger partial charge in [-0.15, -0.1) is 0 Å². The molecule has 0 fully saturated rings. The molecule has 1 rings (SSSR count). The van der Waals surface area contributed by atoms with E-state index in [1.165, 1.54) is 0 Å². The van der Waals surface area contributed by atoms with E-state index in [0.29, 0.717) is 6.42 Å². The van der Waals surface area contributed by atoms with Gasteiger partial charge in [-0.2, -0.15) is 0 Å². The summed E-state index contributed by atoms with van der Waals surface area (Å²) < 4.78 is 12.7. The molecule has 8 heavy (non-hydrogen) atoms. The second-order valence-electron chi connectivity index (χ2n) is 2.18. The van der Waals surface area contributed by atoms with E-state index in [4.69, 9.17) is 0 Å². The van der Waals surface area contributed by atoms with Gasteiger partial charge in [-0.05, 0) is 19.1 Å². The molecule has 1 radical (unpaired) electrons. The van der Waals surface area contributed by atoms with Crippen molar-refractivity contribution < 1.29 is 4.39 Å². The van der Waals surface area contributed by atoms with Crippen molar-refractivity contribution >= 4 is 0 Å². The fourth-order valence-corrected chi connectivity index (χ4v) is 0.634. The number of hydrogen-bond donors (Lipinski definition) is 0. The minimum atomic E-state index is -1.14. The summed E-state index contributed by atoms with van der Waals surface area (Å²) in [6.07, 6.45) is 8.15. The molecular formula is C7H8F. The Kier molecular flexibility index (Phi) is 1.20. The van der Waals surface area contributed by atoms with Crippen molar-refractivity contribution in [1.82, 2.24) is 0 Å². The van der Waals surface area contributed by atoms with Crippen LogP contribution in [-0.2, 0) is 0 Å². The van der Waals surface area contributed by atoms with Crippen LogP contribution in [0.2, 0.25) is 0 Å². The third kappa shape index (κ3) is 1.19.